The Labute approximate surface area is 149 Å². The summed E-state index contributed by atoms with van der Waals surface area (Å²) in [4.78, 5) is 59.0. The van der Waals surface area contributed by atoms with Crippen molar-refractivity contribution >= 4 is 23.4 Å². The summed E-state index contributed by atoms with van der Waals surface area (Å²) in [6, 6.07) is 15.4. The third kappa shape index (κ3) is 4.00. The van der Waals surface area contributed by atoms with E-state index < -0.39 is 23.4 Å². The van der Waals surface area contributed by atoms with E-state index in [2.05, 4.69) is 0 Å². The number of rotatable bonds is 6. The minimum Gasteiger partial charge on any atom is -0.283 e. The molecule has 0 aliphatic heterocycles. The molecular formula is C18H16N2O6. The number of hydrazine groups is 1. The van der Waals surface area contributed by atoms with Crippen LogP contribution in [-0.4, -0.2) is 47.9 Å². The Bertz CT molecular complexity index is 737. The van der Waals surface area contributed by atoms with Crippen LogP contribution in [0.2, 0.25) is 0 Å². The fraction of sp³-hybridized carbons (Fsp3) is 0.111. The summed E-state index contributed by atoms with van der Waals surface area (Å²) < 4.78 is 0. The number of hydrogen-bond acceptors (Lipinski definition) is 6. The van der Waals surface area contributed by atoms with Crippen molar-refractivity contribution in [1.82, 2.24) is 10.3 Å². The Balaban J connectivity index is 2.25. The molecule has 8 heteroatoms. The molecule has 0 spiro atoms. The zero-order valence-corrected chi connectivity index (χ0v) is 14.1. The van der Waals surface area contributed by atoms with Crippen molar-refractivity contribution in [3.63, 3.8) is 0 Å². The van der Waals surface area contributed by atoms with E-state index in [9.17, 15) is 19.2 Å². The second-order valence-electron chi connectivity index (χ2n) is 4.91. The number of carbonyl (C=O) groups is 4. The maximum absolute atomic E-state index is 12.4. The number of hydrogen-bond donors (Lipinski definition) is 0. The van der Waals surface area contributed by atoms with Gasteiger partial charge in [0.05, 0.1) is 14.2 Å². The van der Waals surface area contributed by atoms with Crippen LogP contribution in [0.25, 0.3) is 0 Å². The molecule has 0 aliphatic carbocycles. The minimum absolute atomic E-state index is 0.0948. The first-order chi connectivity index (χ1) is 12.5. The normalized spacial score (nSPS) is 10.1. The number of ketones is 2. The van der Waals surface area contributed by atoms with Crippen LogP contribution in [0.1, 0.15) is 20.7 Å². The van der Waals surface area contributed by atoms with Gasteiger partial charge in [0.25, 0.3) is 11.6 Å². The van der Waals surface area contributed by atoms with Gasteiger partial charge in [-0.15, -0.1) is 0 Å². The van der Waals surface area contributed by atoms with Crippen LogP contribution in [0, 0.1) is 0 Å². The van der Waals surface area contributed by atoms with E-state index in [-0.39, 0.29) is 11.1 Å². The predicted octanol–water partition coefficient (Wildman–Crippen LogP) is 1.45. The highest BCUT2D eigenvalue weighted by Gasteiger charge is 2.35. The van der Waals surface area contributed by atoms with Gasteiger partial charge < -0.3 is 0 Å². The topological polar surface area (TPSA) is 93.2 Å². The summed E-state index contributed by atoms with van der Waals surface area (Å²) in [6.45, 7) is 0. The molecule has 2 rings (SSSR count). The van der Waals surface area contributed by atoms with E-state index >= 15 is 0 Å². The fourth-order valence-electron chi connectivity index (χ4n) is 2.08. The van der Waals surface area contributed by atoms with E-state index in [0.717, 1.165) is 14.2 Å². The molecule has 0 unspecified atom stereocenters. The Morgan fingerprint density at radius 2 is 0.923 bits per heavy atom. The highest BCUT2D eigenvalue weighted by molar-refractivity contribution is 6.44. The van der Waals surface area contributed by atoms with Crippen molar-refractivity contribution in [2.24, 2.45) is 0 Å². The Kier molecular flexibility index (Phi) is 6.31. The summed E-state index contributed by atoms with van der Waals surface area (Å²) in [7, 11) is 2.12. The van der Waals surface area contributed by atoms with Crippen LogP contribution < -0.4 is 0 Å². The van der Waals surface area contributed by atoms with Gasteiger partial charge >= 0.3 is 11.8 Å². The van der Waals surface area contributed by atoms with Crippen LogP contribution in [0.5, 0.6) is 0 Å². The highest BCUT2D eigenvalue weighted by Crippen LogP contribution is 2.10. The Hall–Kier alpha value is -3.36. The van der Waals surface area contributed by atoms with Gasteiger partial charge in [0, 0.05) is 11.1 Å². The molecule has 0 saturated carbocycles. The minimum atomic E-state index is -1.20. The average Bonchev–Trinajstić information content (AvgIpc) is 2.71. The lowest BCUT2D eigenvalue weighted by Crippen LogP contribution is -2.52. The molecule has 0 radical (unpaired) electrons. The Morgan fingerprint density at radius 3 is 1.19 bits per heavy atom. The lowest BCUT2D eigenvalue weighted by Gasteiger charge is -2.28. The molecule has 134 valence electrons. The van der Waals surface area contributed by atoms with Crippen molar-refractivity contribution in [2.45, 2.75) is 0 Å². The van der Waals surface area contributed by atoms with Crippen LogP contribution in [0.3, 0.4) is 0 Å². The van der Waals surface area contributed by atoms with Gasteiger partial charge in [-0.05, 0) is 0 Å². The molecule has 0 aliphatic rings. The van der Waals surface area contributed by atoms with E-state index in [1.54, 1.807) is 36.4 Å². The number of amides is 2. The molecule has 2 aromatic carbocycles. The standard InChI is InChI=1S/C18H16N2O6/c1-25-19(17(23)15(21)13-9-5-3-6-10-13)20(26-2)18(24)16(22)14-11-7-4-8-12-14/h3-12H,1-2H3. The fourth-order valence-corrected chi connectivity index (χ4v) is 2.08. The molecule has 0 N–H and O–H groups in total. The van der Waals surface area contributed by atoms with E-state index in [4.69, 9.17) is 9.68 Å². The number of carbonyl (C=O) groups excluding carboxylic acids is 4. The first-order valence-electron chi connectivity index (χ1n) is 7.47. The second kappa shape index (κ2) is 8.65. The zero-order chi connectivity index (χ0) is 19.1. The molecule has 0 heterocycles. The quantitative estimate of drug-likeness (QED) is 0.442. The molecular weight excluding hydrogens is 340 g/mol. The Morgan fingerprint density at radius 1 is 0.615 bits per heavy atom. The first kappa shape index (κ1) is 19.0. The lowest BCUT2D eigenvalue weighted by molar-refractivity contribution is -0.341. The number of hydroxylamine groups is 2. The van der Waals surface area contributed by atoms with Crippen LogP contribution in [0.15, 0.2) is 60.7 Å². The third-order valence-corrected chi connectivity index (χ3v) is 3.32. The van der Waals surface area contributed by atoms with Gasteiger partial charge in [-0.3, -0.25) is 28.9 Å². The molecule has 0 bridgehead atoms. The van der Waals surface area contributed by atoms with Crippen LogP contribution in [-0.2, 0) is 19.3 Å². The predicted molar refractivity (Wildman–Crippen MR) is 89.3 cm³/mol. The van der Waals surface area contributed by atoms with Crippen molar-refractivity contribution in [1.29, 1.82) is 0 Å². The van der Waals surface area contributed by atoms with Gasteiger partial charge in [0.1, 0.15) is 0 Å². The largest absolute Gasteiger partial charge is 0.340 e. The third-order valence-electron chi connectivity index (χ3n) is 3.32. The van der Waals surface area contributed by atoms with Gasteiger partial charge in [-0.1, -0.05) is 71.0 Å². The maximum atomic E-state index is 12.4. The summed E-state index contributed by atoms with van der Waals surface area (Å²) in [5.41, 5.74) is 0.190. The number of benzene rings is 2. The second-order valence-corrected chi connectivity index (χ2v) is 4.91. The molecule has 2 aromatic rings. The van der Waals surface area contributed by atoms with Gasteiger partial charge in [-0.2, -0.15) is 0 Å². The van der Waals surface area contributed by atoms with Gasteiger partial charge in [0.15, 0.2) is 0 Å². The van der Waals surface area contributed by atoms with E-state index in [1.807, 2.05) is 0 Å². The average molecular weight is 356 g/mol. The highest BCUT2D eigenvalue weighted by atomic mass is 16.8. The van der Waals surface area contributed by atoms with Gasteiger partial charge in [-0.25, -0.2) is 0 Å². The smallest absolute Gasteiger partial charge is 0.283 e. The molecule has 8 nitrogen and oxygen atoms in total. The van der Waals surface area contributed by atoms with E-state index in [0.29, 0.717) is 10.3 Å². The number of nitrogens with zero attached hydrogens (tertiary/aromatic N) is 2. The lowest BCUT2D eigenvalue weighted by atomic mass is 10.1. The zero-order valence-electron chi connectivity index (χ0n) is 14.1. The van der Waals surface area contributed by atoms with Gasteiger partial charge in [0.2, 0.25) is 0 Å². The molecule has 0 atom stereocenters. The summed E-state index contributed by atoms with van der Waals surface area (Å²) in [5, 5.41) is 0.580. The monoisotopic (exact) mass is 356 g/mol. The van der Waals surface area contributed by atoms with Crippen molar-refractivity contribution < 1.29 is 28.9 Å². The molecule has 0 aromatic heterocycles. The van der Waals surface area contributed by atoms with Crippen molar-refractivity contribution in [3.8, 4) is 0 Å². The molecule has 0 saturated heterocycles. The molecule has 2 amide bonds. The molecule has 26 heavy (non-hydrogen) atoms. The summed E-state index contributed by atoms with van der Waals surface area (Å²) in [6.07, 6.45) is 0. The molecule has 0 fully saturated rings. The maximum Gasteiger partial charge on any atom is 0.340 e. The van der Waals surface area contributed by atoms with Crippen LogP contribution in [0.4, 0.5) is 0 Å². The summed E-state index contributed by atoms with van der Waals surface area (Å²) >= 11 is 0. The van der Waals surface area contributed by atoms with E-state index in [1.165, 1.54) is 24.3 Å². The van der Waals surface area contributed by atoms with Crippen molar-refractivity contribution in [3.05, 3.63) is 71.8 Å². The summed E-state index contributed by atoms with van der Waals surface area (Å²) in [5.74, 6) is -4.27. The first-order valence-corrected chi connectivity index (χ1v) is 7.47. The van der Waals surface area contributed by atoms with Crippen LogP contribution >= 0.6 is 0 Å². The number of Topliss-reactive ketones (excluding diaryl/α,β-unsaturated/α-hetero) is 2. The van der Waals surface area contributed by atoms with Crippen molar-refractivity contribution in [2.75, 3.05) is 14.2 Å². The SMILES string of the molecule is CON(C(=O)C(=O)c1ccccc1)N(OC)C(=O)C(=O)c1ccccc1.